The van der Waals surface area contributed by atoms with Crippen LogP contribution in [0.15, 0.2) is 24.3 Å². The Morgan fingerprint density at radius 2 is 2.00 bits per heavy atom. The van der Waals surface area contributed by atoms with Crippen molar-refractivity contribution >= 4 is 18.3 Å². The van der Waals surface area contributed by atoms with Crippen molar-refractivity contribution in [2.75, 3.05) is 7.11 Å². The molecule has 1 unspecified atom stereocenters. The van der Waals surface area contributed by atoms with Crippen LogP contribution in [0.25, 0.3) is 0 Å². The maximum Gasteiger partial charge on any atom is 0.237 e. The normalized spacial score (nSPS) is 12.2. The van der Waals surface area contributed by atoms with Crippen LogP contribution in [0, 0.1) is 0 Å². The van der Waals surface area contributed by atoms with Gasteiger partial charge in [0.1, 0.15) is 5.75 Å². The van der Waals surface area contributed by atoms with Crippen LogP contribution in [0.3, 0.4) is 0 Å². The van der Waals surface area contributed by atoms with Gasteiger partial charge in [0.05, 0.1) is 18.7 Å². The highest BCUT2D eigenvalue weighted by Gasteiger charge is 2.27. The van der Waals surface area contributed by atoms with E-state index < -0.39 is 11.6 Å². The molecule has 0 bridgehead atoms. The van der Waals surface area contributed by atoms with Gasteiger partial charge in [-0.3, -0.25) is 4.79 Å². The molecule has 0 aliphatic heterocycles. The number of carbonyl (C=O) groups excluding carboxylic acids is 1. The van der Waals surface area contributed by atoms with Gasteiger partial charge in [0.25, 0.3) is 0 Å². The molecule has 0 saturated heterocycles. The van der Waals surface area contributed by atoms with Gasteiger partial charge < -0.3 is 15.8 Å². The zero-order chi connectivity index (χ0) is 14.5. The summed E-state index contributed by atoms with van der Waals surface area (Å²) in [6.45, 7) is 5.90. The number of carbonyl (C=O) groups is 1. The summed E-state index contributed by atoms with van der Waals surface area (Å²) >= 11 is 0. The molecule has 3 N–H and O–H groups in total. The summed E-state index contributed by atoms with van der Waals surface area (Å²) in [7, 11) is 1.62. The summed E-state index contributed by atoms with van der Waals surface area (Å²) in [6, 6.07) is 7.21. The number of hydrogen-bond donors (Lipinski definition) is 2. The smallest absolute Gasteiger partial charge is 0.237 e. The third kappa shape index (κ3) is 4.69. The van der Waals surface area contributed by atoms with E-state index in [0.29, 0.717) is 6.42 Å². The molecule has 0 saturated carbocycles. The van der Waals surface area contributed by atoms with Crippen LogP contribution >= 0.6 is 12.4 Å². The van der Waals surface area contributed by atoms with E-state index in [-0.39, 0.29) is 18.3 Å². The van der Waals surface area contributed by atoms with E-state index in [1.165, 1.54) is 0 Å². The van der Waals surface area contributed by atoms with Crippen molar-refractivity contribution in [3.63, 3.8) is 0 Å². The lowest BCUT2D eigenvalue weighted by Gasteiger charge is -2.29. The quantitative estimate of drug-likeness (QED) is 0.849. The highest BCUT2D eigenvalue weighted by atomic mass is 35.5. The molecule has 0 spiro atoms. The monoisotopic (exact) mass is 300 g/mol. The average Bonchev–Trinajstić information content (AvgIpc) is 2.38. The van der Waals surface area contributed by atoms with Crippen molar-refractivity contribution in [1.82, 2.24) is 5.32 Å². The Morgan fingerprint density at radius 3 is 2.55 bits per heavy atom. The van der Waals surface area contributed by atoms with Crippen molar-refractivity contribution in [3.8, 4) is 5.75 Å². The Labute approximate surface area is 127 Å². The Balaban J connectivity index is 0.00000361. The van der Waals surface area contributed by atoms with Crippen molar-refractivity contribution in [2.24, 2.45) is 5.73 Å². The van der Waals surface area contributed by atoms with Crippen LogP contribution in [-0.4, -0.2) is 19.1 Å². The first-order valence-electron chi connectivity index (χ1n) is 6.63. The minimum atomic E-state index is -0.519. The number of amides is 1. The van der Waals surface area contributed by atoms with E-state index >= 15 is 0 Å². The fourth-order valence-corrected chi connectivity index (χ4v) is 2.07. The van der Waals surface area contributed by atoms with Crippen LogP contribution in [-0.2, 0) is 10.3 Å². The zero-order valence-corrected chi connectivity index (χ0v) is 13.4. The topological polar surface area (TPSA) is 64.4 Å². The van der Waals surface area contributed by atoms with Crippen molar-refractivity contribution in [2.45, 2.75) is 45.2 Å². The number of nitrogens with one attached hydrogen (secondary N) is 1. The third-order valence-corrected chi connectivity index (χ3v) is 3.15. The van der Waals surface area contributed by atoms with Crippen LogP contribution in [0.5, 0.6) is 5.75 Å². The summed E-state index contributed by atoms with van der Waals surface area (Å²) in [6.07, 6.45) is 1.58. The molecule has 1 amide bonds. The molecule has 1 atom stereocenters. The Bertz CT molecular complexity index is 436. The number of nitrogens with two attached hydrogens (primary N) is 1. The second-order valence-corrected chi connectivity index (χ2v) is 5.21. The largest absolute Gasteiger partial charge is 0.496 e. The molecule has 0 aliphatic carbocycles. The number of hydrogen-bond acceptors (Lipinski definition) is 3. The predicted molar refractivity (Wildman–Crippen MR) is 84.3 cm³/mol. The van der Waals surface area contributed by atoms with E-state index in [4.69, 9.17) is 10.5 Å². The van der Waals surface area contributed by atoms with Crippen LogP contribution in [0.4, 0.5) is 0 Å². The lowest BCUT2D eigenvalue weighted by Crippen LogP contribution is -2.48. The van der Waals surface area contributed by atoms with Gasteiger partial charge in [-0.15, -0.1) is 12.4 Å². The first-order chi connectivity index (χ1) is 8.92. The minimum absolute atomic E-state index is 0. The van der Waals surface area contributed by atoms with E-state index in [9.17, 15) is 4.79 Å². The fraction of sp³-hybridized carbons (Fsp3) is 0.533. The molecule has 20 heavy (non-hydrogen) atoms. The third-order valence-electron chi connectivity index (χ3n) is 3.15. The van der Waals surface area contributed by atoms with Gasteiger partial charge in [-0.1, -0.05) is 31.5 Å². The van der Waals surface area contributed by atoms with Gasteiger partial charge in [0, 0.05) is 5.56 Å². The molecular formula is C15H25ClN2O2. The number of para-hydroxylation sites is 1. The van der Waals surface area contributed by atoms with E-state index in [1.54, 1.807) is 7.11 Å². The molecule has 1 aromatic rings. The van der Waals surface area contributed by atoms with Crippen molar-refractivity contribution in [3.05, 3.63) is 29.8 Å². The van der Waals surface area contributed by atoms with Crippen molar-refractivity contribution in [1.29, 1.82) is 0 Å². The van der Waals surface area contributed by atoms with Gasteiger partial charge in [-0.25, -0.2) is 0 Å². The van der Waals surface area contributed by atoms with Crippen molar-refractivity contribution < 1.29 is 9.53 Å². The second-order valence-electron chi connectivity index (χ2n) is 5.21. The lowest BCUT2D eigenvalue weighted by molar-refractivity contribution is -0.124. The number of ether oxygens (including phenoxy) is 1. The summed E-state index contributed by atoms with van der Waals surface area (Å²) in [5.74, 6) is 0.634. The van der Waals surface area contributed by atoms with Gasteiger partial charge in [0.15, 0.2) is 0 Å². The SMILES string of the molecule is CCCC(N)C(=O)NC(C)(C)c1ccccc1OC.Cl. The lowest BCUT2D eigenvalue weighted by atomic mass is 9.92. The Morgan fingerprint density at radius 1 is 1.40 bits per heavy atom. The standard InChI is InChI=1S/C15H24N2O2.ClH/c1-5-8-12(16)14(18)17-15(2,3)11-9-6-7-10-13(11)19-4;/h6-7,9-10,12H,5,8,16H2,1-4H3,(H,17,18);1H. The summed E-state index contributed by atoms with van der Waals surface area (Å²) in [4.78, 5) is 12.0. The molecule has 5 heteroatoms. The number of halogens is 1. The molecule has 1 aromatic carbocycles. The predicted octanol–water partition coefficient (Wildman–Crippen LogP) is 2.60. The highest BCUT2D eigenvalue weighted by molar-refractivity contribution is 5.85. The Hall–Kier alpha value is -1.26. The fourth-order valence-electron chi connectivity index (χ4n) is 2.07. The molecule has 0 aliphatic rings. The number of methoxy groups -OCH3 is 1. The molecule has 0 radical (unpaired) electrons. The summed E-state index contributed by atoms with van der Waals surface area (Å²) in [5.41, 5.74) is 6.26. The molecule has 4 nitrogen and oxygen atoms in total. The average molecular weight is 301 g/mol. The van der Waals surface area contributed by atoms with Crippen LogP contribution in [0.1, 0.15) is 39.2 Å². The molecule has 1 rings (SSSR count). The summed E-state index contributed by atoms with van der Waals surface area (Å²) < 4.78 is 5.34. The minimum Gasteiger partial charge on any atom is -0.496 e. The van der Waals surface area contributed by atoms with Gasteiger partial charge in [-0.2, -0.15) is 0 Å². The van der Waals surface area contributed by atoms with Crippen LogP contribution in [0.2, 0.25) is 0 Å². The molecule has 114 valence electrons. The number of rotatable bonds is 6. The number of benzene rings is 1. The molecule has 0 heterocycles. The molecule has 0 aromatic heterocycles. The van der Waals surface area contributed by atoms with Gasteiger partial charge in [-0.05, 0) is 26.3 Å². The highest BCUT2D eigenvalue weighted by Crippen LogP contribution is 2.29. The van der Waals surface area contributed by atoms with E-state index in [1.807, 2.05) is 45.0 Å². The first kappa shape index (κ1) is 18.7. The Kier molecular flexibility index (Phi) is 7.61. The van der Waals surface area contributed by atoms with E-state index in [2.05, 4.69) is 5.32 Å². The first-order valence-corrected chi connectivity index (χ1v) is 6.63. The second kappa shape index (κ2) is 8.12. The van der Waals surface area contributed by atoms with E-state index in [0.717, 1.165) is 17.7 Å². The summed E-state index contributed by atoms with van der Waals surface area (Å²) in [5, 5.41) is 2.99. The van der Waals surface area contributed by atoms with Gasteiger partial charge >= 0.3 is 0 Å². The molecule has 0 fully saturated rings. The maximum absolute atomic E-state index is 12.0. The molecular weight excluding hydrogens is 276 g/mol. The zero-order valence-electron chi connectivity index (χ0n) is 12.6. The van der Waals surface area contributed by atoms with Gasteiger partial charge in [0.2, 0.25) is 5.91 Å². The van der Waals surface area contributed by atoms with Crippen LogP contribution < -0.4 is 15.8 Å². The maximum atomic E-state index is 12.0.